The lowest BCUT2D eigenvalue weighted by atomic mass is 9.60. The fourth-order valence-electron chi connectivity index (χ4n) is 6.68. The molecule has 3 rings (SSSR count). The summed E-state index contributed by atoms with van der Waals surface area (Å²) in [6.45, 7) is 16.9. The van der Waals surface area contributed by atoms with E-state index in [1.807, 2.05) is 13.8 Å². The summed E-state index contributed by atoms with van der Waals surface area (Å²) >= 11 is 0. The fraction of sp³-hybridized carbons (Fsp3) is 0.714. The smallest absolute Gasteiger partial charge is 0.0995 e. The molecular weight excluding hydrogens is 368 g/mol. The van der Waals surface area contributed by atoms with Gasteiger partial charge in [0.1, 0.15) is 0 Å². The first-order valence-electron chi connectivity index (χ1n) is 12.2. The molecule has 0 amide bonds. The fourth-order valence-corrected chi connectivity index (χ4v) is 6.68. The topological polar surface area (TPSA) is 40.5 Å². The molecule has 3 fully saturated rings. The molecule has 5 atom stereocenters. The standard InChI is InChI=1S/C28H44O2/c1-19(9-7-17-27(4,5)30)24-15-16-25-23(10-8-18-28(24,25)6)14-13-22-12-11-20(2)26(29)21(22)3/h13-14,19,24-26,29-30H,2-3,7-12,15-18H2,1,4-6H3/t19-,24?,25?,26-,28+/m0/s1. The Bertz CT molecular complexity index is 719. The third kappa shape index (κ3) is 5.02. The molecule has 168 valence electrons. The normalized spacial score (nSPS) is 36.4. The molecule has 3 saturated carbocycles. The van der Waals surface area contributed by atoms with Crippen LogP contribution in [0.4, 0.5) is 0 Å². The van der Waals surface area contributed by atoms with Crippen molar-refractivity contribution in [1.82, 2.24) is 0 Å². The Morgan fingerprint density at radius 1 is 1.17 bits per heavy atom. The number of aliphatic hydroxyl groups excluding tert-OH is 1. The molecule has 0 bridgehead atoms. The molecule has 2 heteroatoms. The molecule has 0 radical (unpaired) electrons. The van der Waals surface area contributed by atoms with Crippen LogP contribution in [-0.4, -0.2) is 21.9 Å². The zero-order valence-corrected chi connectivity index (χ0v) is 19.8. The zero-order valence-electron chi connectivity index (χ0n) is 19.8. The van der Waals surface area contributed by atoms with Gasteiger partial charge in [0.05, 0.1) is 11.7 Å². The SMILES string of the molecule is C=C1CCC(=CC=C2CCC[C@@]3(C)C2CCC3[C@@H](C)CCCC(C)(C)O)C(=C)[C@H]1O. The first kappa shape index (κ1) is 23.5. The number of fused-ring (bicyclic) bond motifs is 1. The van der Waals surface area contributed by atoms with Crippen molar-refractivity contribution < 1.29 is 10.2 Å². The summed E-state index contributed by atoms with van der Waals surface area (Å²) in [6, 6.07) is 0. The van der Waals surface area contributed by atoms with Crippen LogP contribution in [0.25, 0.3) is 0 Å². The zero-order chi connectivity index (χ0) is 22.1. The van der Waals surface area contributed by atoms with E-state index in [1.54, 1.807) is 5.57 Å². The van der Waals surface area contributed by atoms with Gasteiger partial charge in [-0.3, -0.25) is 0 Å². The summed E-state index contributed by atoms with van der Waals surface area (Å²) in [7, 11) is 0. The van der Waals surface area contributed by atoms with E-state index in [0.717, 1.165) is 48.7 Å². The lowest BCUT2D eigenvalue weighted by molar-refractivity contribution is 0.0597. The van der Waals surface area contributed by atoms with Crippen molar-refractivity contribution in [2.75, 3.05) is 0 Å². The van der Waals surface area contributed by atoms with E-state index >= 15 is 0 Å². The van der Waals surface area contributed by atoms with Crippen LogP contribution in [0.2, 0.25) is 0 Å². The van der Waals surface area contributed by atoms with Gasteiger partial charge in [-0.1, -0.05) is 57.6 Å². The second-order valence-corrected chi connectivity index (χ2v) is 11.3. The van der Waals surface area contributed by atoms with Crippen molar-refractivity contribution in [3.05, 3.63) is 47.6 Å². The Labute approximate surface area is 184 Å². The van der Waals surface area contributed by atoms with Gasteiger partial charge in [-0.05, 0) is 105 Å². The van der Waals surface area contributed by atoms with E-state index < -0.39 is 11.7 Å². The molecule has 2 unspecified atom stereocenters. The molecule has 30 heavy (non-hydrogen) atoms. The number of hydrogen-bond acceptors (Lipinski definition) is 2. The average Bonchev–Trinajstić information content (AvgIpc) is 3.02. The molecule has 0 saturated heterocycles. The molecule has 3 aliphatic rings. The van der Waals surface area contributed by atoms with Crippen LogP contribution in [0.1, 0.15) is 91.9 Å². The molecule has 3 aliphatic carbocycles. The summed E-state index contributed by atoms with van der Waals surface area (Å²) in [5, 5.41) is 20.3. The predicted molar refractivity (Wildman–Crippen MR) is 127 cm³/mol. The van der Waals surface area contributed by atoms with Crippen molar-refractivity contribution >= 4 is 0 Å². The van der Waals surface area contributed by atoms with Crippen molar-refractivity contribution in [1.29, 1.82) is 0 Å². The van der Waals surface area contributed by atoms with E-state index in [4.69, 9.17) is 0 Å². The maximum atomic E-state index is 10.3. The number of hydrogen-bond donors (Lipinski definition) is 2. The van der Waals surface area contributed by atoms with Crippen molar-refractivity contribution in [3.8, 4) is 0 Å². The Hall–Kier alpha value is -1.12. The number of allylic oxidation sites excluding steroid dienone is 3. The number of aliphatic hydroxyl groups is 2. The van der Waals surface area contributed by atoms with E-state index in [2.05, 4.69) is 39.2 Å². The summed E-state index contributed by atoms with van der Waals surface area (Å²) in [5.74, 6) is 2.20. The van der Waals surface area contributed by atoms with Gasteiger partial charge in [-0.2, -0.15) is 0 Å². The van der Waals surface area contributed by atoms with Gasteiger partial charge < -0.3 is 10.2 Å². The third-order valence-corrected chi connectivity index (χ3v) is 8.52. The largest absolute Gasteiger partial charge is 0.390 e. The lowest BCUT2D eigenvalue weighted by Crippen LogP contribution is -2.36. The van der Waals surface area contributed by atoms with Gasteiger partial charge in [0.2, 0.25) is 0 Å². The van der Waals surface area contributed by atoms with Gasteiger partial charge >= 0.3 is 0 Å². The van der Waals surface area contributed by atoms with Crippen LogP contribution >= 0.6 is 0 Å². The highest BCUT2D eigenvalue weighted by Gasteiger charge is 2.50. The summed E-state index contributed by atoms with van der Waals surface area (Å²) < 4.78 is 0. The van der Waals surface area contributed by atoms with Gasteiger partial charge in [0.15, 0.2) is 0 Å². The maximum absolute atomic E-state index is 10.3. The monoisotopic (exact) mass is 412 g/mol. The van der Waals surface area contributed by atoms with E-state index in [9.17, 15) is 10.2 Å². The van der Waals surface area contributed by atoms with Gasteiger partial charge in [0, 0.05) is 0 Å². The first-order valence-corrected chi connectivity index (χ1v) is 12.2. The van der Waals surface area contributed by atoms with Crippen LogP contribution in [0.15, 0.2) is 47.6 Å². The van der Waals surface area contributed by atoms with Crippen LogP contribution in [-0.2, 0) is 0 Å². The maximum Gasteiger partial charge on any atom is 0.0995 e. The molecule has 0 aliphatic heterocycles. The van der Waals surface area contributed by atoms with Gasteiger partial charge in [-0.25, -0.2) is 0 Å². The molecule has 2 N–H and O–H groups in total. The molecule has 0 spiro atoms. The average molecular weight is 413 g/mol. The highest BCUT2D eigenvalue weighted by Crippen LogP contribution is 2.60. The Balaban J connectivity index is 1.70. The Morgan fingerprint density at radius 2 is 1.90 bits per heavy atom. The highest BCUT2D eigenvalue weighted by atomic mass is 16.3. The summed E-state index contributed by atoms with van der Waals surface area (Å²) in [4.78, 5) is 0. The van der Waals surface area contributed by atoms with E-state index in [-0.39, 0.29) is 0 Å². The molecule has 2 nitrogen and oxygen atoms in total. The van der Waals surface area contributed by atoms with E-state index in [0.29, 0.717) is 11.3 Å². The highest BCUT2D eigenvalue weighted by molar-refractivity contribution is 5.43. The molecular formula is C28H44O2. The van der Waals surface area contributed by atoms with E-state index in [1.165, 1.54) is 44.1 Å². The lowest BCUT2D eigenvalue weighted by Gasteiger charge is -2.44. The van der Waals surface area contributed by atoms with Crippen molar-refractivity contribution in [2.24, 2.45) is 23.2 Å². The van der Waals surface area contributed by atoms with Gasteiger partial charge in [0.25, 0.3) is 0 Å². The van der Waals surface area contributed by atoms with Crippen molar-refractivity contribution in [3.63, 3.8) is 0 Å². The summed E-state index contributed by atoms with van der Waals surface area (Å²) in [6.07, 6.45) is 15.6. The molecule has 0 aromatic rings. The minimum absolute atomic E-state index is 0.411. The minimum atomic E-state index is -0.569. The predicted octanol–water partition coefficient (Wildman–Crippen LogP) is 6.90. The molecule has 0 aromatic heterocycles. The molecule has 0 aromatic carbocycles. The minimum Gasteiger partial charge on any atom is -0.390 e. The van der Waals surface area contributed by atoms with Crippen LogP contribution < -0.4 is 0 Å². The Kier molecular flexibility index (Phi) is 7.19. The first-order chi connectivity index (χ1) is 14.0. The van der Waals surface area contributed by atoms with Gasteiger partial charge in [-0.15, -0.1) is 0 Å². The number of rotatable bonds is 6. The Morgan fingerprint density at radius 3 is 2.60 bits per heavy atom. The summed E-state index contributed by atoms with van der Waals surface area (Å²) in [5.41, 5.74) is 4.42. The van der Waals surface area contributed by atoms with Crippen LogP contribution in [0, 0.1) is 23.2 Å². The molecule has 0 heterocycles. The van der Waals surface area contributed by atoms with Crippen LogP contribution in [0.3, 0.4) is 0 Å². The quantitative estimate of drug-likeness (QED) is 0.466. The third-order valence-electron chi connectivity index (χ3n) is 8.52. The second kappa shape index (κ2) is 9.17. The second-order valence-electron chi connectivity index (χ2n) is 11.3. The van der Waals surface area contributed by atoms with Crippen molar-refractivity contribution in [2.45, 2.75) is 104 Å². The van der Waals surface area contributed by atoms with Crippen LogP contribution in [0.5, 0.6) is 0 Å².